The Hall–Kier alpha value is -1.10. The molecule has 0 aromatic rings. The van der Waals surface area contributed by atoms with Crippen molar-refractivity contribution in [3.05, 3.63) is 0 Å². The Labute approximate surface area is 76.6 Å². The molecule has 0 fully saturated rings. The van der Waals surface area contributed by atoms with Gasteiger partial charge in [0.15, 0.2) is 5.92 Å². The molecule has 0 bridgehead atoms. The number of rotatable bonds is 5. The van der Waals surface area contributed by atoms with Gasteiger partial charge >= 0.3 is 11.9 Å². The summed E-state index contributed by atoms with van der Waals surface area (Å²) in [5.74, 6) is -3.46. The molecule has 76 valence electrons. The minimum atomic E-state index is -1.18. The molecule has 0 rings (SSSR count). The van der Waals surface area contributed by atoms with Gasteiger partial charge in [0, 0.05) is 13.0 Å². The van der Waals surface area contributed by atoms with Crippen molar-refractivity contribution in [1.29, 1.82) is 0 Å². The van der Waals surface area contributed by atoms with E-state index in [-0.39, 0.29) is 6.61 Å². The highest BCUT2D eigenvalue weighted by atomic mass is 16.5. The molecule has 5 nitrogen and oxygen atoms in total. The van der Waals surface area contributed by atoms with Gasteiger partial charge in [-0.25, -0.2) is 0 Å². The summed E-state index contributed by atoms with van der Waals surface area (Å²) < 4.78 is 9.12. The van der Waals surface area contributed by atoms with E-state index in [4.69, 9.17) is 9.84 Å². The van der Waals surface area contributed by atoms with Crippen molar-refractivity contribution in [3.63, 3.8) is 0 Å². The lowest BCUT2D eigenvalue weighted by Gasteiger charge is -2.16. The van der Waals surface area contributed by atoms with Crippen molar-refractivity contribution in [3.8, 4) is 0 Å². The molecule has 0 spiro atoms. The second-order valence-corrected chi connectivity index (χ2v) is 2.77. The van der Waals surface area contributed by atoms with Crippen LogP contribution in [-0.2, 0) is 19.1 Å². The molecule has 0 saturated heterocycles. The summed E-state index contributed by atoms with van der Waals surface area (Å²) in [6.07, 6.45) is 0. The summed E-state index contributed by atoms with van der Waals surface area (Å²) in [5, 5.41) is 8.72. The first kappa shape index (κ1) is 11.9. The number of hydrogen-bond acceptors (Lipinski definition) is 4. The Balaban J connectivity index is 4.41. The van der Waals surface area contributed by atoms with E-state index in [0.29, 0.717) is 0 Å². The summed E-state index contributed by atoms with van der Waals surface area (Å²) >= 11 is 0. The smallest absolute Gasteiger partial charge is 0.320 e. The highest BCUT2D eigenvalue weighted by molar-refractivity contribution is 5.94. The first-order valence-corrected chi connectivity index (χ1v) is 3.84. The number of esters is 1. The molecule has 0 saturated carbocycles. The van der Waals surface area contributed by atoms with Crippen molar-refractivity contribution >= 4 is 11.9 Å². The van der Waals surface area contributed by atoms with Crippen molar-refractivity contribution in [2.75, 3.05) is 20.8 Å². The molecular formula is C8H14O5. The molecule has 0 aromatic heterocycles. The molecule has 2 unspecified atom stereocenters. The fourth-order valence-electron chi connectivity index (χ4n) is 1.06. The summed E-state index contributed by atoms with van der Waals surface area (Å²) in [5.41, 5.74) is 0. The van der Waals surface area contributed by atoms with E-state index >= 15 is 0 Å². The van der Waals surface area contributed by atoms with E-state index in [0.717, 1.165) is 7.11 Å². The zero-order valence-corrected chi connectivity index (χ0v) is 7.94. The van der Waals surface area contributed by atoms with Crippen LogP contribution in [0, 0.1) is 11.8 Å². The van der Waals surface area contributed by atoms with E-state index in [1.165, 1.54) is 7.11 Å². The van der Waals surface area contributed by atoms with E-state index in [1.807, 2.05) is 0 Å². The third kappa shape index (κ3) is 3.42. The van der Waals surface area contributed by atoms with Gasteiger partial charge in [0.1, 0.15) is 0 Å². The molecule has 0 aliphatic heterocycles. The largest absolute Gasteiger partial charge is 0.481 e. The van der Waals surface area contributed by atoms with Crippen LogP contribution in [-0.4, -0.2) is 37.9 Å². The third-order valence-corrected chi connectivity index (χ3v) is 1.72. The van der Waals surface area contributed by atoms with Gasteiger partial charge in [-0.15, -0.1) is 0 Å². The first-order chi connectivity index (χ1) is 6.04. The topological polar surface area (TPSA) is 72.8 Å². The Bertz CT molecular complexity index is 189. The van der Waals surface area contributed by atoms with Crippen LogP contribution in [0.15, 0.2) is 0 Å². The van der Waals surface area contributed by atoms with Crippen LogP contribution in [0.5, 0.6) is 0 Å². The van der Waals surface area contributed by atoms with Gasteiger partial charge in [0.2, 0.25) is 0 Å². The van der Waals surface area contributed by atoms with Crippen LogP contribution in [0.25, 0.3) is 0 Å². The van der Waals surface area contributed by atoms with Gasteiger partial charge in [-0.05, 0) is 0 Å². The lowest BCUT2D eigenvalue weighted by Crippen LogP contribution is -2.33. The van der Waals surface area contributed by atoms with Gasteiger partial charge in [-0.1, -0.05) is 6.92 Å². The van der Waals surface area contributed by atoms with Gasteiger partial charge in [0.25, 0.3) is 0 Å². The molecule has 0 radical (unpaired) electrons. The van der Waals surface area contributed by atoms with E-state index < -0.39 is 23.8 Å². The maximum Gasteiger partial charge on any atom is 0.320 e. The number of carboxylic acid groups (broad SMARTS) is 1. The van der Waals surface area contributed by atoms with E-state index in [1.54, 1.807) is 6.92 Å². The molecule has 0 aromatic carbocycles. The fourth-order valence-corrected chi connectivity index (χ4v) is 1.06. The molecular weight excluding hydrogens is 176 g/mol. The quantitative estimate of drug-likeness (QED) is 0.493. The van der Waals surface area contributed by atoms with Crippen LogP contribution in [0.4, 0.5) is 0 Å². The van der Waals surface area contributed by atoms with E-state index in [9.17, 15) is 9.59 Å². The van der Waals surface area contributed by atoms with Gasteiger partial charge in [-0.3, -0.25) is 9.59 Å². The van der Waals surface area contributed by atoms with Crippen LogP contribution < -0.4 is 0 Å². The fraction of sp³-hybridized carbons (Fsp3) is 0.750. The van der Waals surface area contributed by atoms with E-state index in [2.05, 4.69) is 4.74 Å². The van der Waals surface area contributed by atoms with Crippen LogP contribution in [0.2, 0.25) is 0 Å². The van der Waals surface area contributed by atoms with Crippen LogP contribution in [0.1, 0.15) is 6.92 Å². The lowest BCUT2D eigenvalue weighted by atomic mass is 9.95. The number of carbonyl (C=O) groups excluding carboxylic acids is 1. The van der Waals surface area contributed by atoms with Crippen LogP contribution >= 0.6 is 0 Å². The molecule has 0 aliphatic carbocycles. The van der Waals surface area contributed by atoms with Crippen molar-refractivity contribution in [2.24, 2.45) is 11.8 Å². The summed E-state index contributed by atoms with van der Waals surface area (Å²) in [6, 6.07) is 0. The van der Waals surface area contributed by atoms with Gasteiger partial charge in [-0.2, -0.15) is 0 Å². The van der Waals surface area contributed by atoms with Gasteiger partial charge in [0.05, 0.1) is 13.7 Å². The number of aliphatic carboxylic acids is 1. The number of carbonyl (C=O) groups is 2. The SMILES string of the molecule is COCC(C)C(C(=O)O)C(=O)OC. The summed E-state index contributed by atoms with van der Waals surface area (Å²) in [6.45, 7) is 1.84. The Morgan fingerprint density at radius 3 is 2.23 bits per heavy atom. The van der Waals surface area contributed by atoms with Gasteiger partial charge < -0.3 is 14.6 Å². The molecule has 0 amide bonds. The molecule has 1 N–H and O–H groups in total. The maximum absolute atomic E-state index is 11.0. The number of methoxy groups -OCH3 is 2. The maximum atomic E-state index is 11.0. The number of carboxylic acids is 1. The number of hydrogen-bond donors (Lipinski definition) is 1. The lowest BCUT2D eigenvalue weighted by molar-refractivity contribution is -0.160. The van der Waals surface area contributed by atoms with Crippen molar-refractivity contribution in [1.82, 2.24) is 0 Å². The Kier molecular flexibility index (Phi) is 5.06. The van der Waals surface area contributed by atoms with Crippen molar-refractivity contribution < 1.29 is 24.2 Å². The molecule has 13 heavy (non-hydrogen) atoms. The van der Waals surface area contributed by atoms with Crippen molar-refractivity contribution in [2.45, 2.75) is 6.92 Å². The predicted molar refractivity (Wildman–Crippen MR) is 44.2 cm³/mol. The third-order valence-electron chi connectivity index (χ3n) is 1.72. The normalized spacial score (nSPS) is 14.7. The average Bonchev–Trinajstić information content (AvgIpc) is 2.04. The Morgan fingerprint density at radius 2 is 1.92 bits per heavy atom. The molecule has 0 aliphatic rings. The highest BCUT2D eigenvalue weighted by Gasteiger charge is 2.32. The standard InChI is InChI=1S/C8H14O5/c1-5(4-12-2)6(7(9)10)8(11)13-3/h5-6H,4H2,1-3H3,(H,9,10). The Morgan fingerprint density at radius 1 is 1.38 bits per heavy atom. The molecule has 2 atom stereocenters. The summed E-state index contributed by atoms with van der Waals surface area (Å²) in [7, 11) is 2.62. The second kappa shape index (κ2) is 5.53. The predicted octanol–water partition coefficient (Wildman–Crippen LogP) is 0.143. The molecule has 0 heterocycles. The molecule has 5 heteroatoms. The second-order valence-electron chi connectivity index (χ2n) is 2.77. The number of ether oxygens (including phenoxy) is 2. The zero-order chi connectivity index (χ0) is 10.4. The monoisotopic (exact) mass is 190 g/mol. The minimum absolute atomic E-state index is 0.214. The minimum Gasteiger partial charge on any atom is -0.481 e. The first-order valence-electron chi connectivity index (χ1n) is 3.84. The average molecular weight is 190 g/mol. The summed E-state index contributed by atoms with van der Waals surface area (Å²) in [4.78, 5) is 21.7. The highest BCUT2D eigenvalue weighted by Crippen LogP contribution is 2.13. The van der Waals surface area contributed by atoms with Crippen LogP contribution in [0.3, 0.4) is 0 Å². The zero-order valence-electron chi connectivity index (χ0n) is 7.94.